The summed E-state index contributed by atoms with van der Waals surface area (Å²) in [5.41, 5.74) is 9.97. The Kier molecular flexibility index (Phi) is 5.04. The van der Waals surface area contributed by atoms with E-state index < -0.39 is 11.4 Å². The molecule has 1 unspecified atom stereocenters. The van der Waals surface area contributed by atoms with Gasteiger partial charge in [0.1, 0.15) is 5.54 Å². The van der Waals surface area contributed by atoms with Crippen LogP contribution in [0.3, 0.4) is 0 Å². The Labute approximate surface area is 86.0 Å². The Morgan fingerprint density at radius 2 is 1.79 bits per heavy atom. The third-order valence-electron chi connectivity index (χ3n) is 2.09. The minimum atomic E-state index is -0.943. The molecule has 0 aromatic heterocycles. The van der Waals surface area contributed by atoms with Crippen molar-refractivity contribution < 1.29 is 4.79 Å². The second kappa shape index (κ2) is 5.29. The fraction of sp³-hybridized carbons (Fsp3) is 0.889. The summed E-state index contributed by atoms with van der Waals surface area (Å²) in [7, 11) is 5.94. The number of nitrogens with two attached hydrogens (primary N) is 2. The summed E-state index contributed by atoms with van der Waals surface area (Å²) in [6.45, 7) is 3.94. The van der Waals surface area contributed by atoms with Crippen LogP contribution in [0, 0.1) is 0 Å². The lowest BCUT2D eigenvalue weighted by molar-refractivity contribution is -0.123. The third kappa shape index (κ3) is 5.16. The summed E-state index contributed by atoms with van der Waals surface area (Å²) in [5, 5.41) is 0. The van der Waals surface area contributed by atoms with Crippen LogP contribution in [0.15, 0.2) is 0 Å². The SMILES string of the molecule is CN(C)CCN(C)CC(C)(N)C(N)=O. The molecule has 5 heteroatoms. The molecule has 0 aromatic rings. The molecule has 1 atom stereocenters. The number of rotatable bonds is 6. The van der Waals surface area contributed by atoms with Gasteiger partial charge in [-0.25, -0.2) is 0 Å². The van der Waals surface area contributed by atoms with E-state index in [9.17, 15) is 4.79 Å². The van der Waals surface area contributed by atoms with Gasteiger partial charge < -0.3 is 21.3 Å². The molecule has 0 saturated heterocycles. The molecule has 5 nitrogen and oxygen atoms in total. The van der Waals surface area contributed by atoms with Gasteiger partial charge in [-0.1, -0.05) is 0 Å². The molecule has 0 fully saturated rings. The van der Waals surface area contributed by atoms with Crippen LogP contribution in [0.4, 0.5) is 0 Å². The maximum Gasteiger partial charge on any atom is 0.238 e. The van der Waals surface area contributed by atoms with Gasteiger partial charge in [0.05, 0.1) is 0 Å². The maximum absolute atomic E-state index is 11.0. The number of carbonyl (C=O) groups is 1. The molecule has 0 spiro atoms. The molecule has 0 aliphatic rings. The second-order valence-corrected chi connectivity index (χ2v) is 4.32. The van der Waals surface area contributed by atoms with Gasteiger partial charge in [-0.05, 0) is 28.1 Å². The molecule has 0 aliphatic carbocycles. The van der Waals surface area contributed by atoms with Crippen LogP contribution in [0.1, 0.15) is 6.92 Å². The normalized spacial score (nSPS) is 15.9. The number of amides is 1. The molecule has 4 N–H and O–H groups in total. The first-order valence-electron chi connectivity index (χ1n) is 4.68. The van der Waals surface area contributed by atoms with E-state index in [-0.39, 0.29) is 0 Å². The molecule has 0 aromatic carbocycles. The summed E-state index contributed by atoms with van der Waals surface area (Å²) >= 11 is 0. The van der Waals surface area contributed by atoms with Gasteiger partial charge in [0.2, 0.25) is 5.91 Å². The predicted molar refractivity (Wildman–Crippen MR) is 57.8 cm³/mol. The average Bonchev–Trinajstić information content (AvgIpc) is 1.99. The first kappa shape index (κ1) is 13.4. The topological polar surface area (TPSA) is 75.6 Å². The Hall–Kier alpha value is -0.650. The largest absolute Gasteiger partial charge is 0.368 e. The van der Waals surface area contributed by atoms with Crippen LogP contribution >= 0.6 is 0 Å². The second-order valence-electron chi connectivity index (χ2n) is 4.32. The standard InChI is InChI=1S/C9H22N4O/c1-9(11,8(10)14)7-13(4)6-5-12(2)3/h5-7,11H2,1-4H3,(H2,10,14). The molecular formula is C9H22N4O. The molecule has 14 heavy (non-hydrogen) atoms. The van der Waals surface area contributed by atoms with E-state index in [0.29, 0.717) is 6.54 Å². The number of hydrogen-bond donors (Lipinski definition) is 2. The van der Waals surface area contributed by atoms with Crippen LogP contribution in [0.5, 0.6) is 0 Å². The zero-order chi connectivity index (χ0) is 11.4. The van der Waals surface area contributed by atoms with Gasteiger partial charge >= 0.3 is 0 Å². The molecule has 1 amide bonds. The van der Waals surface area contributed by atoms with E-state index in [1.54, 1.807) is 6.92 Å². The number of likely N-dealkylation sites (N-methyl/N-ethyl adjacent to an activating group) is 2. The van der Waals surface area contributed by atoms with Crippen LogP contribution in [0.25, 0.3) is 0 Å². The van der Waals surface area contributed by atoms with Crippen molar-refractivity contribution >= 4 is 5.91 Å². The van der Waals surface area contributed by atoms with Crippen LogP contribution < -0.4 is 11.5 Å². The number of carbonyl (C=O) groups excluding carboxylic acids is 1. The highest BCUT2D eigenvalue weighted by Crippen LogP contribution is 2.00. The summed E-state index contributed by atoms with van der Waals surface area (Å²) in [6.07, 6.45) is 0. The van der Waals surface area contributed by atoms with E-state index in [0.717, 1.165) is 13.1 Å². The van der Waals surface area contributed by atoms with E-state index in [1.165, 1.54) is 0 Å². The van der Waals surface area contributed by atoms with Gasteiger partial charge in [0.25, 0.3) is 0 Å². The van der Waals surface area contributed by atoms with Crippen molar-refractivity contribution in [3.8, 4) is 0 Å². The molecule has 0 rings (SSSR count). The van der Waals surface area contributed by atoms with Gasteiger partial charge in [0, 0.05) is 19.6 Å². The summed E-state index contributed by atoms with van der Waals surface area (Å²) < 4.78 is 0. The predicted octanol–water partition coefficient (Wildman–Crippen LogP) is -1.32. The van der Waals surface area contributed by atoms with Crippen LogP contribution in [-0.4, -0.2) is 62.0 Å². The minimum Gasteiger partial charge on any atom is -0.368 e. The zero-order valence-corrected chi connectivity index (χ0v) is 9.58. The van der Waals surface area contributed by atoms with Crippen molar-refractivity contribution in [2.45, 2.75) is 12.5 Å². The van der Waals surface area contributed by atoms with Crippen molar-refractivity contribution in [2.75, 3.05) is 40.8 Å². The van der Waals surface area contributed by atoms with E-state index in [4.69, 9.17) is 11.5 Å². The highest BCUT2D eigenvalue weighted by atomic mass is 16.1. The molecule has 0 heterocycles. The molecular weight excluding hydrogens is 180 g/mol. The first-order valence-corrected chi connectivity index (χ1v) is 4.68. The minimum absolute atomic E-state index is 0.464. The monoisotopic (exact) mass is 202 g/mol. The van der Waals surface area contributed by atoms with Crippen molar-refractivity contribution in [3.63, 3.8) is 0 Å². The Morgan fingerprint density at radius 3 is 2.14 bits per heavy atom. The molecule has 0 saturated carbocycles. The average molecular weight is 202 g/mol. The number of nitrogens with zero attached hydrogens (tertiary/aromatic N) is 2. The lowest BCUT2D eigenvalue weighted by Crippen LogP contribution is -2.56. The maximum atomic E-state index is 11.0. The highest BCUT2D eigenvalue weighted by Gasteiger charge is 2.26. The van der Waals surface area contributed by atoms with Crippen LogP contribution in [-0.2, 0) is 4.79 Å². The van der Waals surface area contributed by atoms with E-state index in [1.807, 2.05) is 26.0 Å². The molecule has 0 bridgehead atoms. The fourth-order valence-electron chi connectivity index (χ4n) is 1.09. The Balaban J connectivity index is 3.93. The van der Waals surface area contributed by atoms with E-state index >= 15 is 0 Å². The van der Waals surface area contributed by atoms with Crippen LogP contribution in [0.2, 0.25) is 0 Å². The van der Waals surface area contributed by atoms with Gasteiger partial charge in [-0.15, -0.1) is 0 Å². The van der Waals surface area contributed by atoms with Crippen molar-refractivity contribution in [3.05, 3.63) is 0 Å². The zero-order valence-electron chi connectivity index (χ0n) is 9.58. The number of hydrogen-bond acceptors (Lipinski definition) is 4. The summed E-state index contributed by atoms with van der Waals surface area (Å²) in [4.78, 5) is 15.0. The number of primary amides is 1. The Morgan fingerprint density at radius 1 is 1.29 bits per heavy atom. The summed E-state index contributed by atoms with van der Waals surface area (Å²) in [6, 6.07) is 0. The fourth-order valence-corrected chi connectivity index (χ4v) is 1.09. The molecule has 0 aliphatic heterocycles. The van der Waals surface area contributed by atoms with Gasteiger partial charge in [-0.2, -0.15) is 0 Å². The molecule has 0 radical (unpaired) electrons. The molecule has 84 valence electrons. The highest BCUT2D eigenvalue weighted by molar-refractivity contribution is 5.84. The summed E-state index contributed by atoms with van der Waals surface area (Å²) in [5.74, 6) is -0.464. The lowest BCUT2D eigenvalue weighted by atomic mass is 10.0. The third-order valence-corrected chi connectivity index (χ3v) is 2.09. The van der Waals surface area contributed by atoms with Gasteiger partial charge in [-0.3, -0.25) is 4.79 Å². The van der Waals surface area contributed by atoms with Crippen molar-refractivity contribution in [1.29, 1.82) is 0 Å². The Bertz CT molecular complexity index is 191. The van der Waals surface area contributed by atoms with Crippen molar-refractivity contribution in [2.24, 2.45) is 11.5 Å². The van der Waals surface area contributed by atoms with E-state index in [2.05, 4.69) is 4.90 Å². The quantitative estimate of drug-likeness (QED) is 0.560. The van der Waals surface area contributed by atoms with Gasteiger partial charge in [0.15, 0.2) is 0 Å². The smallest absolute Gasteiger partial charge is 0.238 e. The van der Waals surface area contributed by atoms with Crippen molar-refractivity contribution in [1.82, 2.24) is 9.80 Å². The first-order chi connectivity index (χ1) is 6.25. The lowest BCUT2D eigenvalue weighted by Gasteiger charge is -2.28.